The maximum absolute atomic E-state index is 13.6. The van der Waals surface area contributed by atoms with E-state index in [-0.39, 0.29) is 11.4 Å². The molecule has 158 valence electrons. The molecule has 0 unspecified atom stereocenters. The lowest BCUT2D eigenvalue weighted by atomic mass is 10.1. The van der Waals surface area contributed by atoms with Crippen LogP contribution in [0, 0.1) is 0 Å². The number of fused-ring (bicyclic) bond motifs is 1. The molecule has 0 N–H and O–H groups in total. The molecule has 4 aromatic rings. The van der Waals surface area contributed by atoms with Gasteiger partial charge in [-0.3, -0.25) is 9.29 Å². The lowest BCUT2D eigenvalue weighted by molar-refractivity contribution is 0.0600. The number of anilines is 1. The van der Waals surface area contributed by atoms with Gasteiger partial charge in [-0.2, -0.15) is 0 Å². The number of methoxy groups -OCH3 is 1. The highest BCUT2D eigenvalue weighted by atomic mass is 79.9. The summed E-state index contributed by atoms with van der Waals surface area (Å²) in [6.45, 7) is 0.0874. The van der Waals surface area contributed by atoms with Crippen molar-refractivity contribution < 1.29 is 17.9 Å². The van der Waals surface area contributed by atoms with E-state index in [4.69, 9.17) is 4.74 Å². The second kappa shape index (κ2) is 8.78. The monoisotopic (exact) mass is 516 g/mol. The third kappa shape index (κ3) is 4.21. The van der Waals surface area contributed by atoms with Crippen molar-refractivity contribution in [2.45, 2.75) is 11.4 Å². The predicted molar refractivity (Wildman–Crippen MR) is 125 cm³/mol. The standard InChI is InChI=1S/C22H17BrN2O4S2/c1-29-22(26)16-10-8-15(9-11-16)14-25(31(27,28)17-5-4-12-24-13-17)21-20(23)18-6-2-3-7-19(18)30-21/h2-13H,14H2,1H3. The van der Waals surface area contributed by atoms with Gasteiger partial charge in [-0.25, -0.2) is 13.2 Å². The molecule has 0 bridgehead atoms. The number of esters is 1. The van der Waals surface area contributed by atoms with E-state index in [1.807, 2.05) is 24.3 Å². The van der Waals surface area contributed by atoms with Crippen LogP contribution in [-0.4, -0.2) is 26.5 Å². The van der Waals surface area contributed by atoms with E-state index in [1.54, 1.807) is 30.3 Å². The molecule has 0 radical (unpaired) electrons. The second-order valence-corrected chi connectivity index (χ2v) is 10.3. The molecule has 6 nitrogen and oxygen atoms in total. The minimum absolute atomic E-state index is 0.0874. The van der Waals surface area contributed by atoms with Crippen LogP contribution in [0.2, 0.25) is 0 Å². The summed E-state index contributed by atoms with van der Waals surface area (Å²) in [7, 11) is -2.58. The average Bonchev–Trinajstić information content (AvgIpc) is 3.14. The number of rotatable bonds is 6. The molecule has 2 aromatic heterocycles. The number of halogens is 1. The molecule has 2 aromatic carbocycles. The Bertz CT molecular complexity index is 1340. The van der Waals surface area contributed by atoms with Gasteiger partial charge in [0, 0.05) is 22.5 Å². The molecule has 0 atom stereocenters. The number of aromatic nitrogens is 1. The summed E-state index contributed by atoms with van der Waals surface area (Å²) in [4.78, 5) is 15.8. The largest absolute Gasteiger partial charge is 0.465 e. The summed E-state index contributed by atoms with van der Waals surface area (Å²) in [6, 6.07) is 17.5. The Kier molecular flexibility index (Phi) is 6.08. The second-order valence-electron chi connectivity index (χ2n) is 6.61. The average molecular weight is 517 g/mol. The van der Waals surface area contributed by atoms with Crippen molar-refractivity contribution in [2.75, 3.05) is 11.4 Å². The van der Waals surface area contributed by atoms with Crippen molar-refractivity contribution in [2.24, 2.45) is 0 Å². The summed E-state index contributed by atoms with van der Waals surface area (Å²) in [5, 5.41) is 1.51. The lowest BCUT2D eigenvalue weighted by Crippen LogP contribution is -2.30. The molecular weight excluding hydrogens is 500 g/mol. The molecule has 9 heteroatoms. The zero-order valence-corrected chi connectivity index (χ0v) is 19.6. The zero-order valence-electron chi connectivity index (χ0n) is 16.4. The number of carbonyl (C=O) groups excluding carboxylic acids is 1. The third-order valence-electron chi connectivity index (χ3n) is 4.67. The highest BCUT2D eigenvalue weighted by molar-refractivity contribution is 9.10. The fourth-order valence-corrected chi connectivity index (χ4v) is 6.87. The first-order valence-electron chi connectivity index (χ1n) is 9.19. The molecule has 0 amide bonds. The molecule has 0 spiro atoms. The summed E-state index contributed by atoms with van der Waals surface area (Å²) in [5.41, 5.74) is 1.13. The van der Waals surface area contributed by atoms with Crippen molar-refractivity contribution in [3.63, 3.8) is 0 Å². The van der Waals surface area contributed by atoms with Crippen LogP contribution in [0.4, 0.5) is 5.00 Å². The van der Waals surface area contributed by atoms with Crippen LogP contribution in [0.3, 0.4) is 0 Å². The van der Waals surface area contributed by atoms with Gasteiger partial charge in [0.1, 0.15) is 9.90 Å². The molecule has 4 rings (SSSR count). The highest BCUT2D eigenvalue weighted by Crippen LogP contribution is 2.44. The van der Waals surface area contributed by atoms with Crippen LogP contribution in [0.5, 0.6) is 0 Å². The van der Waals surface area contributed by atoms with Gasteiger partial charge in [0.25, 0.3) is 10.0 Å². The summed E-state index contributed by atoms with van der Waals surface area (Å²) >= 11 is 4.99. The number of hydrogen-bond donors (Lipinski definition) is 0. The van der Waals surface area contributed by atoms with E-state index in [1.165, 1.54) is 41.2 Å². The Morgan fingerprint density at radius 2 is 1.84 bits per heavy atom. The number of sulfonamides is 1. The molecular formula is C22H17BrN2O4S2. The van der Waals surface area contributed by atoms with Crippen molar-refractivity contribution >= 4 is 58.3 Å². The molecule has 0 aliphatic rings. The Balaban J connectivity index is 1.81. The van der Waals surface area contributed by atoms with E-state index >= 15 is 0 Å². The summed E-state index contributed by atoms with van der Waals surface area (Å²) < 4.78 is 35.0. The Labute approximate surface area is 192 Å². The number of hydrogen-bond acceptors (Lipinski definition) is 6. The van der Waals surface area contributed by atoms with Gasteiger partial charge in [0.15, 0.2) is 0 Å². The lowest BCUT2D eigenvalue weighted by Gasteiger charge is -2.23. The third-order valence-corrected chi connectivity index (χ3v) is 8.77. The van der Waals surface area contributed by atoms with E-state index < -0.39 is 16.0 Å². The van der Waals surface area contributed by atoms with Gasteiger partial charge in [-0.1, -0.05) is 30.3 Å². The highest BCUT2D eigenvalue weighted by Gasteiger charge is 2.29. The van der Waals surface area contributed by atoms with Crippen molar-refractivity contribution in [1.82, 2.24) is 4.98 Å². The Morgan fingerprint density at radius 3 is 2.48 bits per heavy atom. The predicted octanol–water partition coefficient (Wildman–Crippen LogP) is 5.24. The van der Waals surface area contributed by atoms with Crippen LogP contribution in [0.1, 0.15) is 15.9 Å². The van der Waals surface area contributed by atoms with E-state index in [0.717, 1.165) is 15.6 Å². The number of benzene rings is 2. The quantitative estimate of drug-likeness (QED) is 0.327. The van der Waals surface area contributed by atoms with Crippen molar-refractivity contribution in [3.8, 4) is 0 Å². The first-order valence-corrected chi connectivity index (χ1v) is 12.2. The van der Waals surface area contributed by atoms with E-state index in [2.05, 4.69) is 20.9 Å². The molecule has 0 fully saturated rings. The molecule has 0 saturated heterocycles. The molecule has 0 aliphatic heterocycles. The fourth-order valence-electron chi connectivity index (χ4n) is 3.08. The van der Waals surface area contributed by atoms with Gasteiger partial charge in [0.2, 0.25) is 0 Å². The maximum atomic E-state index is 13.6. The number of carbonyl (C=O) groups is 1. The van der Waals surface area contributed by atoms with Crippen LogP contribution in [-0.2, 0) is 21.3 Å². The van der Waals surface area contributed by atoms with Crippen LogP contribution in [0.15, 0.2) is 82.4 Å². The minimum atomic E-state index is -3.89. The van der Waals surface area contributed by atoms with Gasteiger partial charge >= 0.3 is 5.97 Å². The Hall–Kier alpha value is -2.75. The van der Waals surface area contributed by atoms with Gasteiger partial charge in [-0.15, -0.1) is 11.3 Å². The number of nitrogens with zero attached hydrogens (tertiary/aromatic N) is 2. The van der Waals surface area contributed by atoms with E-state index in [0.29, 0.717) is 15.0 Å². The maximum Gasteiger partial charge on any atom is 0.337 e. The summed E-state index contributed by atoms with van der Waals surface area (Å²) in [6.07, 6.45) is 2.87. The van der Waals surface area contributed by atoms with Crippen molar-refractivity contribution in [3.05, 3.63) is 88.7 Å². The zero-order chi connectivity index (χ0) is 22.0. The van der Waals surface area contributed by atoms with Crippen LogP contribution < -0.4 is 4.31 Å². The molecule has 31 heavy (non-hydrogen) atoms. The SMILES string of the molecule is COC(=O)c1ccc(CN(c2sc3ccccc3c2Br)S(=O)(=O)c2cccnc2)cc1. The summed E-state index contributed by atoms with van der Waals surface area (Å²) in [5.74, 6) is -0.446. The minimum Gasteiger partial charge on any atom is -0.465 e. The number of ether oxygens (including phenoxy) is 1. The topological polar surface area (TPSA) is 76.6 Å². The number of thiophene rings is 1. The fraction of sp³-hybridized carbons (Fsp3) is 0.0909. The normalized spacial score (nSPS) is 11.4. The molecule has 0 saturated carbocycles. The first-order chi connectivity index (χ1) is 14.9. The van der Waals surface area contributed by atoms with Crippen LogP contribution in [0.25, 0.3) is 10.1 Å². The smallest absolute Gasteiger partial charge is 0.337 e. The number of pyridine rings is 1. The van der Waals surface area contributed by atoms with Gasteiger partial charge in [0.05, 0.1) is 23.7 Å². The van der Waals surface area contributed by atoms with Gasteiger partial charge in [-0.05, 0) is 51.8 Å². The van der Waals surface area contributed by atoms with Gasteiger partial charge < -0.3 is 4.74 Å². The molecule has 0 aliphatic carbocycles. The van der Waals surface area contributed by atoms with Crippen LogP contribution >= 0.6 is 27.3 Å². The van der Waals surface area contributed by atoms with Crippen molar-refractivity contribution in [1.29, 1.82) is 0 Å². The van der Waals surface area contributed by atoms with E-state index in [9.17, 15) is 13.2 Å². The Morgan fingerprint density at radius 1 is 1.10 bits per heavy atom. The first kappa shape index (κ1) is 21.5. The molecule has 2 heterocycles.